The molecule has 40 heavy (non-hydrogen) atoms. The van der Waals surface area contributed by atoms with Crippen LogP contribution in [0.4, 0.5) is 8.78 Å². The Morgan fingerprint density at radius 2 is 1.75 bits per heavy atom. The number of nitrogens with two attached hydrogens (primary N) is 1. The average Bonchev–Trinajstić information content (AvgIpc) is 3.51. The molecule has 2 aromatic carbocycles. The van der Waals surface area contributed by atoms with E-state index in [1.165, 1.54) is 6.07 Å². The molecule has 8 nitrogen and oxygen atoms in total. The van der Waals surface area contributed by atoms with Crippen LogP contribution < -0.4 is 10.5 Å². The predicted molar refractivity (Wildman–Crippen MR) is 144 cm³/mol. The van der Waals surface area contributed by atoms with E-state index in [4.69, 9.17) is 15.2 Å². The van der Waals surface area contributed by atoms with Crippen molar-refractivity contribution < 1.29 is 32.6 Å². The summed E-state index contributed by atoms with van der Waals surface area (Å²) in [5.41, 5.74) is 6.71. The van der Waals surface area contributed by atoms with Gasteiger partial charge in [0.2, 0.25) is 11.8 Å². The fourth-order valence-electron chi connectivity index (χ4n) is 5.38. The first-order chi connectivity index (χ1) is 19.0. The van der Waals surface area contributed by atoms with Crippen molar-refractivity contribution >= 4 is 17.8 Å². The molecule has 0 unspecified atom stereocenters. The number of likely N-dealkylation sites (tertiary alicyclic amines) is 2. The smallest absolute Gasteiger partial charge is 0.306 e. The van der Waals surface area contributed by atoms with Crippen LogP contribution in [0.3, 0.4) is 0 Å². The number of esters is 1. The SMILES string of the molecule is CC(C)(C)[C@H](N)C(=O)N1CC[C@@H]2[C@H]1[C@@H](COc1ccc(F)c(F)c1)CN2C(=O)CCC(=O)OCc1ccccc1. The van der Waals surface area contributed by atoms with Crippen molar-refractivity contribution in [3.63, 3.8) is 0 Å². The molecule has 2 N–H and O–H groups in total. The lowest BCUT2D eigenvalue weighted by atomic mass is 9.86. The maximum absolute atomic E-state index is 13.7. The Morgan fingerprint density at radius 1 is 1.02 bits per heavy atom. The largest absolute Gasteiger partial charge is 0.493 e. The zero-order valence-corrected chi connectivity index (χ0v) is 23.1. The molecule has 0 bridgehead atoms. The van der Waals surface area contributed by atoms with Crippen LogP contribution in [-0.4, -0.2) is 65.4 Å². The maximum Gasteiger partial charge on any atom is 0.306 e. The van der Waals surface area contributed by atoms with Gasteiger partial charge in [-0.15, -0.1) is 0 Å². The van der Waals surface area contributed by atoms with Gasteiger partial charge in [0.1, 0.15) is 12.4 Å². The Labute approximate surface area is 233 Å². The van der Waals surface area contributed by atoms with Crippen molar-refractivity contribution in [3.05, 3.63) is 65.7 Å². The minimum absolute atomic E-state index is 0.0248. The summed E-state index contributed by atoms with van der Waals surface area (Å²) < 4.78 is 38.2. The molecule has 10 heteroatoms. The molecule has 4 rings (SSSR count). The van der Waals surface area contributed by atoms with Crippen LogP contribution in [0.2, 0.25) is 0 Å². The molecule has 0 radical (unpaired) electrons. The van der Waals surface area contributed by atoms with Gasteiger partial charge in [0.25, 0.3) is 0 Å². The van der Waals surface area contributed by atoms with Gasteiger partial charge in [-0.1, -0.05) is 51.1 Å². The lowest BCUT2D eigenvalue weighted by Gasteiger charge is -2.34. The fraction of sp³-hybridized carbons (Fsp3) is 0.500. The molecule has 0 aliphatic carbocycles. The normalized spacial score (nSPS) is 21.2. The Bertz CT molecular complexity index is 1220. The fourth-order valence-corrected chi connectivity index (χ4v) is 5.38. The van der Waals surface area contributed by atoms with Crippen LogP contribution in [0.1, 0.15) is 45.6 Å². The van der Waals surface area contributed by atoms with Gasteiger partial charge in [0.15, 0.2) is 11.6 Å². The summed E-state index contributed by atoms with van der Waals surface area (Å²) in [5.74, 6) is -3.00. The summed E-state index contributed by atoms with van der Waals surface area (Å²) in [7, 11) is 0. The van der Waals surface area contributed by atoms with Crippen molar-refractivity contribution in [1.29, 1.82) is 0 Å². The highest BCUT2D eigenvalue weighted by Gasteiger charge is 2.52. The van der Waals surface area contributed by atoms with Gasteiger partial charge >= 0.3 is 5.97 Å². The van der Waals surface area contributed by atoms with Gasteiger partial charge in [0, 0.05) is 31.5 Å². The van der Waals surface area contributed by atoms with E-state index in [-0.39, 0.29) is 61.6 Å². The lowest BCUT2D eigenvalue weighted by molar-refractivity contribution is -0.147. The summed E-state index contributed by atoms with van der Waals surface area (Å²) in [6.07, 6.45) is 0.481. The highest BCUT2D eigenvalue weighted by atomic mass is 19.2. The van der Waals surface area contributed by atoms with Gasteiger partial charge in [-0.3, -0.25) is 14.4 Å². The maximum atomic E-state index is 13.7. The molecule has 2 amide bonds. The van der Waals surface area contributed by atoms with E-state index in [0.717, 1.165) is 17.7 Å². The van der Waals surface area contributed by atoms with E-state index in [1.807, 2.05) is 51.1 Å². The topological polar surface area (TPSA) is 102 Å². The summed E-state index contributed by atoms with van der Waals surface area (Å²) in [4.78, 5) is 42.5. The molecule has 2 fully saturated rings. The Morgan fingerprint density at radius 3 is 2.42 bits per heavy atom. The molecule has 2 aliphatic heterocycles. The zero-order valence-electron chi connectivity index (χ0n) is 23.1. The Balaban J connectivity index is 1.43. The van der Waals surface area contributed by atoms with Gasteiger partial charge in [0.05, 0.1) is 31.2 Å². The second-order valence-electron chi connectivity index (χ2n) is 11.6. The van der Waals surface area contributed by atoms with Crippen molar-refractivity contribution in [2.24, 2.45) is 17.1 Å². The molecule has 0 spiro atoms. The van der Waals surface area contributed by atoms with E-state index < -0.39 is 29.1 Å². The number of hydrogen-bond acceptors (Lipinski definition) is 6. The second-order valence-corrected chi connectivity index (χ2v) is 11.6. The summed E-state index contributed by atoms with van der Waals surface area (Å²) in [6.45, 7) is 6.64. The molecular weight excluding hydrogens is 520 g/mol. The van der Waals surface area contributed by atoms with Crippen LogP contribution in [0.15, 0.2) is 48.5 Å². The quantitative estimate of drug-likeness (QED) is 0.472. The Kier molecular flexibility index (Phi) is 9.08. The lowest BCUT2D eigenvalue weighted by Crippen LogP contribution is -2.54. The van der Waals surface area contributed by atoms with Crippen LogP contribution in [0.25, 0.3) is 0 Å². The zero-order chi connectivity index (χ0) is 29.0. The van der Waals surface area contributed by atoms with Gasteiger partial charge in [-0.2, -0.15) is 0 Å². The molecule has 0 saturated carbocycles. The van der Waals surface area contributed by atoms with Crippen LogP contribution in [-0.2, 0) is 25.7 Å². The van der Waals surface area contributed by atoms with E-state index in [2.05, 4.69) is 0 Å². The monoisotopic (exact) mass is 557 g/mol. The van der Waals surface area contributed by atoms with Crippen molar-refractivity contribution in [1.82, 2.24) is 9.80 Å². The van der Waals surface area contributed by atoms with Crippen molar-refractivity contribution in [2.45, 2.75) is 64.8 Å². The third-order valence-electron chi connectivity index (χ3n) is 7.68. The molecule has 2 aromatic rings. The number of nitrogens with zero attached hydrogens (tertiary/aromatic N) is 2. The number of ether oxygens (including phenoxy) is 2. The van der Waals surface area contributed by atoms with Crippen LogP contribution in [0, 0.1) is 23.0 Å². The Hall–Kier alpha value is -3.53. The first kappa shape index (κ1) is 29.5. The number of benzene rings is 2. The second kappa shape index (κ2) is 12.3. The standard InChI is InChI=1S/C30H37F2N3O5/c1-30(2,3)28(33)29(38)34-14-13-24-27(34)20(18-39-21-9-10-22(31)23(32)15-21)16-35(24)25(36)11-12-26(37)40-17-19-7-5-4-6-8-19/h4-10,15,20,24,27-28H,11-14,16-18,33H2,1-3H3/t20-,24-,27-,28-/m1/s1. The molecule has 216 valence electrons. The third-order valence-corrected chi connectivity index (χ3v) is 7.68. The summed E-state index contributed by atoms with van der Waals surface area (Å²) in [5, 5.41) is 0. The van der Waals surface area contributed by atoms with E-state index in [9.17, 15) is 23.2 Å². The number of carbonyl (C=O) groups excluding carboxylic acids is 3. The molecule has 4 atom stereocenters. The van der Waals surface area contributed by atoms with Gasteiger partial charge in [-0.25, -0.2) is 8.78 Å². The van der Waals surface area contributed by atoms with Gasteiger partial charge < -0.3 is 25.0 Å². The molecule has 2 aliphatic rings. The van der Waals surface area contributed by atoms with Crippen molar-refractivity contribution in [3.8, 4) is 5.75 Å². The van der Waals surface area contributed by atoms with Crippen LogP contribution in [0.5, 0.6) is 5.75 Å². The predicted octanol–water partition coefficient (Wildman–Crippen LogP) is 3.67. The molecule has 2 saturated heterocycles. The van der Waals surface area contributed by atoms with Crippen LogP contribution >= 0.6 is 0 Å². The third kappa shape index (κ3) is 6.78. The number of halogens is 2. The number of amides is 2. The first-order valence-electron chi connectivity index (χ1n) is 13.6. The summed E-state index contributed by atoms with van der Waals surface area (Å²) >= 11 is 0. The molecule has 2 heterocycles. The van der Waals surface area contributed by atoms with E-state index >= 15 is 0 Å². The first-order valence-corrected chi connectivity index (χ1v) is 13.6. The molecular formula is C30H37F2N3O5. The number of carbonyl (C=O) groups is 3. The minimum atomic E-state index is -1.02. The minimum Gasteiger partial charge on any atom is -0.493 e. The average molecular weight is 558 g/mol. The molecule has 0 aromatic heterocycles. The van der Waals surface area contributed by atoms with Crippen molar-refractivity contribution in [2.75, 3.05) is 19.7 Å². The number of rotatable bonds is 9. The van der Waals surface area contributed by atoms with E-state index in [0.29, 0.717) is 19.5 Å². The highest BCUT2D eigenvalue weighted by molar-refractivity contribution is 5.85. The number of fused-ring (bicyclic) bond motifs is 1. The highest BCUT2D eigenvalue weighted by Crippen LogP contribution is 2.38. The van der Waals surface area contributed by atoms with E-state index in [1.54, 1.807) is 9.80 Å². The van der Waals surface area contributed by atoms with Gasteiger partial charge in [-0.05, 0) is 29.5 Å². The number of hydrogen-bond donors (Lipinski definition) is 1. The summed E-state index contributed by atoms with van der Waals surface area (Å²) in [6, 6.07) is 11.2.